The van der Waals surface area contributed by atoms with Gasteiger partial charge in [-0.15, -0.1) is 11.3 Å². The highest BCUT2D eigenvalue weighted by atomic mass is 32.1. The first-order valence-electron chi connectivity index (χ1n) is 8.85. The van der Waals surface area contributed by atoms with Crippen molar-refractivity contribution in [2.75, 3.05) is 5.32 Å². The maximum atomic E-state index is 11.7. The van der Waals surface area contributed by atoms with Crippen LogP contribution in [0.25, 0.3) is 11.1 Å². The predicted molar refractivity (Wildman–Crippen MR) is 104 cm³/mol. The monoisotopic (exact) mass is 384 g/mol. The summed E-state index contributed by atoms with van der Waals surface area (Å²) in [4.78, 5) is 17.2. The molecule has 1 atom stereocenters. The van der Waals surface area contributed by atoms with Crippen LogP contribution in [-0.2, 0) is 12.8 Å². The molecule has 1 aliphatic carbocycles. The van der Waals surface area contributed by atoms with Gasteiger partial charge in [-0.25, -0.2) is 4.98 Å². The first kappa shape index (κ1) is 17.7. The van der Waals surface area contributed by atoms with E-state index in [4.69, 9.17) is 4.52 Å². The second kappa shape index (κ2) is 6.77. The van der Waals surface area contributed by atoms with Crippen molar-refractivity contribution in [3.8, 4) is 11.1 Å². The maximum Gasteiger partial charge on any atom is 0.292 e. The number of thiazole rings is 1. The van der Waals surface area contributed by atoms with Gasteiger partial charge in [-0.3, -0.25) is 10.1 Å². The van der Waals surface area contributed by atoms with Crippen molar-refractivity contribution in [3.05, 3.63) is 55.3 Å². The first-order valence-corrected chi connectivity index (χ1v) is 9.67. The molecule has 0 bridgehead atoms. The normalized spacial score (nSPS) is 16.2. The van der Waals surface area contributed by atoms with Gasteiger partial charge in [0.2, 0.25) is 0 Å². The Morgan fingerprint density at radius 3 is 2.85 bits per heavy atom. The number of nitro groups is 1. The fourth-order valence-electron chi connectivity index (χ4n) is 3.70. The van der Waals surface area contributed by atoms with Crippen LogP contribution in [0.2, 0.25) is 0 Å². The molecule has 8 heteroatoms. The molecule has 0 amide bonds. The number of fused-ring (bicyclic) bond motifs is 1. The van der Waals surface area contributed by atoms with E-state index >= 15 is 0 Å². The SMILES string of the molecule is Cc1nc2c(s1)C[C@H](Nc1ccc(-c3c(C)noc3C)cc1[N+](=O)[O-])CC2. The Hall–Kier alpha value is -2.74. The number of nitro benzene ring substituents is 1. The van der Waals surface area contributed by atoms with E-state index in [0.717, 1.165) is 41.1 Å². The molecule has 0 radical (unpaired) electrons. The van der Waals surface area contributed by atoms with Crippen LogP contribution in [0.4, 0.5) is 11.4 Å². The number of benzene rings is 1. The Kier molecular flexibility index (Phi) is 4.43. The second-order valence-corrected chi connectivity index (χ2v) is 8.16. The van der Waals surface area contributed by atoms with Crippen LogP contribution in [-0.4, -0.2) is 21.1 Å². The number of nitrogens with zero attached hydrogens (tertiary/aromatic N) is 3. The van der Waals surface area contributed by atoms with Crippen molar-refractivity contribution in [2.45, 2.75) is 46.1 Å². The van der Waals surface area contributed by atoms with E-state index in [9.17, 15) is 10.1 Å². The van der Waals surface area contributed by atoms with E-state index in [1.54, 1.807) is 23.5 Å². The summed E-state index contributed by atoms with van der Waals surface area (Å²) in [5, 5.41) is 20.1. The lowest BCUT2D eigenvalue weighted by molar-refractivity contribution is -0.383. The average molecular weight is 384 g/mol. The molecular formula is C19H20N4O3S. The third kappa shape index (κ3) is 3.32. The molecule has 0 spiro atoms. The van der Waals surface area contributed by atoms with Crippen molar-refractivity contribution in [1.29, 1.82) is 0 Å². The van der Waals surface area contributed by atoms with Crippen LogP contribution in [0.5, 0.6) is 0 Å². The summed E-state index contributed by atoms with van der Waals surface area (Å²) in [6.45, 7) is 5.66. The molecule has 0 fully saturated rings. The van der Waals surface area contributed by atoms with Crippen LogP contribution in [0.1, 0.15) is 33.5 Å². The fraction of sp³-hybridized carbons (Fsp3) is 0.368. The summed E-state index contributed by atoms with van der Waals surface area (Å²) in [5.41, 5.74) is 4.07. The van der Waals surface area contributed by atoms with Gasteiger partial charge in [-0.1, -0.05) is 11.2 Å². The van der Waals surface area contributed by atoms with Crippen molar-refractivity contribution < 1.29 is 9.45 Å². The Labute approximate surface area is 160 Å². The largest absolute Gasteiger partial charge is 0.376 e. The van der Waals surface area contributed by atoms with Crippen molar-refractivity contribution in [3.63, 3.8) is 0 Å². The molecule has 2 heterocycles. The molecule has 0 aliphatic heterocycles. The zero-order chi connectivity index (χ0) is 19.1. The minimum absolute atomic E-state index is 0.0683. The van der Waals surface area contributed by atoms with Crippen LogP contribution in [0.15, 0.2) is 22.7 Å². The lowest BCUT2D eigenvalue weighted by atomic mass is 9.97. The molecule has 1 N–H and O–H groups in total. The molecule has 2 aromatic heterocycles. The molecular weight excluding hydrogens is 364 g/mol. The van der Waals surface area contributed by atoms with Crippen LogP contribution in [0.3, 0.4) is 0 Å². The van der Waals surface area contributed by atoms with Crippen molar-refractivity contribution >= 4 is 22.7 Å². The van der Waals surface area contributed by atoms with Crippen molar-refractivity contribution in [1.82, 2.24) is 10.1 Å². The standard InChI is InChI=1S/C19H20N4O3S/c1-10-19(11(2)26-22-10)13-4-6-15(17(8-13)23(24)25)21-14-5-7-16-18(9-14)27-12(3)20-16/h4,6,8,14,21H,5,7,9H2,1-3H3/t14-/m1/s1. The molecule has 7 nitrogen and oxygen atoms in total. The van der Waals surface area contributed by atoms with Gasteiger partial charge in [-0.2, -0.15) is 0 Å². The smallest absolute Gasteiger partial charge is 0.292 e. The number of aromatic nitrogens is 2. The van der Waals surface area contributed by atoms with Gasteiger partial charge in [0.05, 0.1) is 21.3 Å². The summed E-state index contributed by atoms with van der Waals surface area (Å²) in [5.74, 6) is 0.655. The Balaban J connectivity index is 1.62. The van der Waals surface area contributed by atoms with E-state index in [1.807, 2.05) is 26.8 Å². The lowest BCUT2D eigenvalue weighted by Crippen LogP contribution is -2.27. The quantitative estimate of drug-likeness (QED) is 0.522. The van der Waals surface area contributed by atoms with E-state index < -0.39 is 0 Å². The summed E-state index contributed by atoms with van der Waals surface area (Å²) in [7, 11) is 0. The average Bonchev–Trinajstić information content (AvgIpc) is 3.16. The first-order chi connectivity index (χ1) is 12.9. The third-order valence-electron chi connectivity index (χ3n) is 4.92. The van der Waals surface area contributed by atoms with E-state index in [0.29, 0.717) is 11.4 Å². The molecule has 0 saturated carbocycles. The Morgan fingerprint density at radius 1 is 1.33 bits per heavy atom. The number of nitrogens with one attached hydrogen (secondary N) is 1. The highest BCUT2D eigenvalue weighted by Crippen LogP contribution is 2.35. The lowest BCUT2D eigenvalue weighted by Gasteiger charge is -2.23. The van der Waals surface area contributed by atoms with Gasteiger partial charge in [0.1, 0.15) is 11.4 Å². The summed E-state index contributed by atoms with van der Waals surface area (Å²) >= 11 is 1.72. The van der Waals surface area contributed by atoms with Crippen LogP contribution >= 0.6 is 11.3 Å². The molecule has 140 valence electrons. The maximum absolute atomic E-state index is 11.7. The van der Waals surface area contributed by atoms with Gasteiger partial charge in [-0.05, 0) is 45.2 Å². The number of hydrogen-bond acceptors (Lipinski definition) is 7. The van der Waals surface area contributed by atoms with Gasteiger partial charge >= 0.3 is 0 Å². The number of anilines is 1. The highest BCUT2D eigenvalue weighted by molar-refractivity contribution is 7.11. The molecule has 1 aliphatic rings. The highest BCUT2D eigenvalue weighted by Gasteiger charge is 2.25. The van der Waals surface area contributed by atoms with Gasteiger partial charge in [0.15, 0.2) is 0 Å². The predicted octanol–water partition coefficient (Wildman–Crippen LogP) is 4.60. The van der Waals surface area contributed by atoms with Crippen molar-refractivity contribution in [2.24, 2.45) is 0 Å². The van der Waals surface area contributed by atoms with E-state index in [-0.39, 0.29) is 16.7 Å². The summed E-state index contributed by atoms with van der Waals surface area (Å²) < 4.78 is 5.20. The Morgan fingerprint density at radius 2 is 2.15 bits per heavy atom. The van der Waals surface area contributed by atoms with Gasteiger partial charge < -0.3 is 9.84 Å². The number of hydrogen-bond donors (Lipinski definition) is 1. The zero-order valence-corrected chi connectivity index (χ0v) is 16.2. The summed E-state index contributed by atoms with van der Waals surface area (Å²) in [6, 6.07) is 5.43. The topological polar surface area (TPSA) is 94.1 Å². The van der Waals surface area contributed by atoms with Gasteiger partial charge in [0.25, 0.3) is 5.69 Å². The fourth-order valence-corrected chi connectivity index (χ4v) is 4.76. The minimum atomic E-state index is -0.338. The second-order valence-electron chi connectivity index (χ2n) is 6.88. The molecule has 4 rings (SSSR count). The Bertz CT molecular complexity index is 1000. The van der Waals surface area contributed by atoms with E-state index in [2.05, 4.69) is 15.5 Å². The molecule has 3 aromatic rings. The zero-order valence-electron chi connectivity index (χ0n) is 15.4. The third-order valence-corrected chi connectivity index (χ3v) is 5.96. The molecule has 0 saturated heterocycles. The van der Waals surface area contributed by atoms with Gasteiger partial charge in [0, 0.05) is 29.0 Å². The molecule has 1 aromatic carbocycles. The summed E-state index contributed by atoms with van der Waals surface area (Å²) in [6.07, 6.45) is 2.67. The molecule has 27 heavy (non-hydrogen) atoms. The van der Waals surface area contributed by atoms with Crippen LogP contribution in [0, 0.1) is 30.9 Å². The minimum Gasteiger partial charge on any atom is -0.376 e. The molecule has 0 unspecified atom stereocenters. The van der Waals surface area contributed by atoms with Crippen LogP contribution < -0.4 is 5.32 Å². The number of rotatable bonds is 4. The number of aryl methyl sites for hydroxylation is 4. The van der Waals surface area contributed by atoms with E-state index in [1.165, 1.54) is 10.6 Å².